The van der Waals surface area contributed by atoms with Gasteiger partial charge in [-0.3, -0.25) is 4.79 Å². The van der Waals surface area contributed by atoms with Gasteiger partial charge in [0.2, 0.25) is 0 Å². The molecule has 1 aliphatic heterocycles. The van der Waals surface area contributed by atoms with E-state index < -0.39 is 6.09 Å². The van der Waals surface area contributed by atoms with Crippen molar-refractivity contribution in [1.29, 1.82) is 0 Å². The molecule has 9 nitrogen and oxygen atoms in total. The summed E-state index contributed by atoms with van der Waals surface area (Å²) in [5.74, 6) is -0.0208. The number of aromatic hydroxyl groups is 1. The van der Waals surface area contributed by atoms with E-state index in [9.17, 15) is 14.7 Å². The summed E-state index contributed by atoms with van der Waals surface area (Å²) in [7, 11) is 0. The normalized spacial score (nSPS) is 14.1. The van der Waals surface area contributed by atoms with Gasteiger partial charge < -0.3 is 35.7 Å². The zero-order chi connectivity index (χ0) is 30.9. The predicted molar refractivity (Wildman–Crippen MR) is 173 cm³/mol. The van der Waals surface area contributed by atoms with Crippen molar-refractivity contribution in [3.63, 3.8) is 0 Å². The highest BCUT2D eigenvalue weighted by Gasteiger charge is 2.33. The fourth-order valence-electron chi connectivity index (χ4n) is 6.47. The zero-order valence-electron chi connectivity index (χ0n) is 24.5. The molecule has 0 saturated carbocycles. The van der Waals surface area contributed by atoms with Crippen molar-refractivity contribution in [3.8, 4) is 5.75 Å². The number of rotatable bonds is 10. The minimum absolute atomic E-state index is 0.128. The summed E-state index contributed by atoms with van der Waals surface area (Å²) >= 11 is 0. The van der Waals surface area contributed by atoms with E-state index in [1.807, 2.05) is 36.4 Å². The van der Waals surface area contributed by atoms with Crippen LogP contribution in [0, 0.1) is 0 Å². The van der Waals surface area contributed by atoms with Crippen molar-refractivity contribution in [2.75, 3.05) is 6.54 Å². The standard InChI is InChI=1S/C36H33N5O4/c42-25-11-13-27-29(17-25)34(40-35(27)43)33-28-8-4-5-9-30(28)39-31(33)19-37-18-23-10-12-26-24(14-15-38-36(44)45)21-41(32(26)16-23)20-22-6-2-1-3-7-22/h1-13,16-17,21,34,37-39,42H,14-15,18-20H2,(H,40,43)(H,44,45). The zero-order valence-corrected chi connectivity index (χ0v) is 24.5. The van der Waals surface area contributed by atoms with Crippen LogP contribution in [0.25, 0.3) is 21.8 Å². The highest BCUT2D eigenvalue weighted by molar-refractivity contribution is 6.01. The second-order valence-corrected chi connectivity index (χ2v) is 11.4. The second-order valence-electron chi connectivity index (χ2n) is 11.4. The van der Waals surface area contributed by atoms with E-state index in [-0.39, 0.29) is 17.7 Å². The number of carbonyl (C=O) groups is 2. The smallest absolute Gasteiger partial charge is 0.404 e. The molecule has 6 aromatic rings. The molecule has 4 aromatic carbocycles. The Balaban J connectivity index is 1.15. The molecule has 0 radical (unpaired) electrons. The number of benzene rings is 4. The van der Waals surface area contributed by atoms with Crippen LogP contribution in [0.4, 0.5) is 4.79 Å². The van der Waals surface area contributed by atoms with Crippen LogP contribution in [0.15, 0.2) is 97.2 Å². The quantitative estimate of drug-likeness (QED) is 0.118. The number of para-hydroxylation sites is 1. The second kappa shape index (κ2) is 11.9. The molecule has 45 heavy (non-hydrogen) atoms. The van der Waals surface area contributed by atoms with E-state index in [1.54, 1.807) is 18.2 Å². The summed E-state index contributed by atoms with van der Waals surface area (Å²) in [4.78, 5) is 27.4. The Morgan fingerprint density at radius 3 is 2.56 bits per heavy atom. The molecule has 6 N–H and O–H groups in total. The van der Waals surface area contributed by atoms with Gasteiger partial charge in [0, 0.05) is 71.0 Å². The topological polar surface area (TPSA) is 131 Å². The Bertz CT molecular complexity index is 2050. The van der Waals surface area contributed by atoms with Gasteiger partial charge in [-0.05, 0) is 59.0 Å². The van der Waals surface area contributed by atoms with Gasteiger partial charge >= 0.3 is 6.09 Å². The molecule has 2 amide bonds. The maximum absolute atomic E-state index is 12.8. The number of carbonyl (C=O) groups excluding carboxylic acids is 1. The molecule has 3 heterocycles. The van der Waals surface area contributed by atoms with E-state index in [0.717, 1.165) is 49.8 Å². The number of aromatic nitrogens is 2. The molecule has 0 spiro atoms. The molecule has 1 aliphatic rings. The minimum Gasteiger partial charge on any atom is -0.508 e. The number of hydrogen-bond donors (Lipinski definition) is 6. The third kappa shape index (κ3) is 5.61. The summed E-state index contributed by atoms with van der Waals surface area (Å²) in [6.45, 7) is 2.22. The highest BCUT2D eigenvalue weighted by atomic mass is 16.4. The number of carboxylic acid groups (broad SMARTS) is 1. The van der Waals surface area contributed by atoms with Crippen LogP contribution in [0.2, 0.25) is 0 Å². The fraction of sp³-hybridized carbons (Fsp3) is 0.167. The Labute approximate surface area is 259 Å². The van der Waals surface area contributed by atoms with Crippen LogP contribution in [-0.4, -0.2) is 38.3 Å². The minimum atomic E-state index is -1.02. The maximum Gasteiger partial charge on any atom is 0.404 e. The lowest BCUT2D eigenvalue weighted by atomic mass is 9.95. The molecule has 1 unspecified atom stereocenters. The monoisotopic (exact) mass is 599 g/mol. The molecule has 7 rings (SSSR count). The summed E-state index contributed by atoms with van der Waals surface area (Å²) in [5.41, 5.74) is 8.79. The fourth-order valence-corrected chi connectivity index (χ4v) is 6.47. The highest BCUT2D eigenvalue weighted by Crippen LogP contribution is 2.38. The number of aromatic amines is 1. The molecule has 1 atom stereocenters. The first-order valence-electron chi connectivity index (χ1n) is 15.0. The molecule has 0 bridgehead atoms. The van der Waals surface area contributed by atoms with Crippen molar-refractivity contribution in [2.24, 2.45) is 0 Å². The van der Waals surface area contributed by atoms with E-state index in [4.69, 9.17) is 5.11 Å². The van der Waals surface area contributed by atoms with Crippen molar-refractivity contribution in [2.45, 2.75) is 32.1 Å². The van der Waals surface area contributed by atoms with Crippen LogP contribution >= 0.6 is 0 Å². The molecule has 0 aliphatic carbocycles. The van der Waals surface area contributed by atoms with Crippen molar-refractivity contribution < 1.29 is 19.8 Å². The average Bonchev–Trinajstić information content (AvgIpc) is 3.68. The number of phenols is 1. The van der Waals surface area contributed by atoms with Gasteiger partial charge in [0.1, 0.15) is 5.75 Å². The summed E-state index contributed by atoms with van der Waals surface area (Å²) in [5, 5.41) is 30.6. The van der Waals surface area contributed by atoms with Crippen LogP contribution in [0.5, 0.6) is 5.75 Å². The molecule has 226 valence electrons. The first kappa shape index (κ1) is 28.2. The maximum atomic E-state index is 12.8. The number of amides is 2. The molecule has 0 fully saturated rings. The van der Waals surface area contributed by atoms with Gasteiger partial charge in [0.25, 0.3) is 5.91 Å². The number of nitrogens with one attached hydrogen (secondary N) is 4. The molecule has 0 saturated heterocycles. The number of fused-ring (bicyclic) bond motifs is 3. The third-order valence-corrected chi connectivity index (χ3v) is 8.51. The van der Waals surface area contributed by atoms with Gasteiger partial charge in [-0.25, -0.2) is 4.79 Å². The van der Waals surface area contributed by atoms with Gasteiger partial charge in [0.05, 0.1) is 6.04 Å². The van der Waals surface area contributed by atoms with E-state index in [2.05, 4.69) is 68.1 Å². The summed E-state index contributed by atoms with van der Waals surface area (Å²) < 4.78 is 2.23. The van der Waals surface area contributed by atoms with Crippen LogP contribution in [0.3, 0.4) is 0 Å². The molecular weight excluding hydrogens is 566 g/mol. The average molecular weight is 600 g/mol. The van der Waals surface area contributed by atoms with E-state index in [0.29, 0.717) is 38.2 Å². The largest absolute Gasteiger partial charge is 0.508 e. The van der Waals surface area contributed by atoms with Crippen molar-refractivity contribution >= 4 is 33.8 Å². The van der Waals surface area contributed by atoms with E-state index >= 15 is 0 Å². The lowest BCUT2D eigenvalue weighted by Gasteiger charge is -2.15. The Hall–Kier alpha value is -5.54. The summed E-state index contributed by atoms with van der Waals surface area (Å²) in [6.07, 6.45) is 1.71. The van der Waals surface area contributed by atoms with Crippen LogP contribution in [-0.2, 0) is 26.1 Å². The number of hydrogen-bond acceptors (Lipinski definition) is 4. The Morgan fingerprint density at radius 2 is 1.71 bits per heavy atom. The lowest BCUT2D eigenvalue weighted by molar-refractivity contribution is 0.0960. The first-order chi connectivity index (χ1) is 21.9. The molecule has 9 heteroatoms. The van der Waals surface area contributed by atoms with Crippen molar-refractivity contribution in [3.05, 3.63) is 136 Å². The molecular formula is C36H33N5O4. The Morgan fingerprint density at radius 1 is 0.889 bits per heavy atom. The number of phenolic OH excluding ortho intramolecular Hbond substituents is 1. The SMILES string of the molecule is O=C(O)NCCc1cn(Cc2ccccc2)c2cc(CNCc3[nH]c4ccccc4c3C3NC(=O)c4ccc(O)cc43)ccc12. The van der Waals surface area contributed by atoms with Gasteiger partial charge in [-0.2, -0.15) is 0 Å². The molecule has 2 aromatic heterocycles. The van der Waals surface area contributed by atoms with E-state index in [1.165, 1.54) is 5.56 Å². The predicted octanol–water partition coefficient (Wildman–Crippen LogP) is 5.81. The first-order valence-corrected chi connectivity index (χ1v) is 15.0. The number of H-pyrrole nitrogens is 1. The lowest BCUT2D eigenvalue weighted by Crippen LogP contribution is -2.23. The van der Waals surface area contributed by atoms with Gasteiger partial charge in [0.15, 0.2) is 0 Å². The van der Waals surface area contributed by atoms with Gasteiger partial charge in [-0.15, -0.1) is 0 Å². The van der Waals surface area contributed by atoms with Gasteiger partial charge in [-0.1, -0.05) is 60.7 Å². The van der Waals surface area contributed by atoms with Crippen LogP contribution < -0.4 is 16.0 Å². The van der Waals surface area contributed by atoms with Crippen molar-refractivity contribution in [1.82, 2.24) is 25.5 Å². The number of nitrogens with zero attached hydrogens (tertiary/aromatic N) is 1. The van der Waals surface area contributed by atoms with Crippen LogP contribution in [0.1, 0.15) is 49.9 Å². The third-order valence-electron chi connectivity index (χ3n) is 8.51. The Kier molecular flexibility index (Phi) is 7.44. The summed E-state index contributed by atoms with van der Waals surface area (Å²) in [6, 6.07) is 29.3.